The lowest BCUT2D eigenvalue weighted by molar-refractivity contribution is -0.128. The molecule has 7 heteroatoms. The van der Waals surface area contributed by atoms with E-state index < -0.39 is 5.92 Å². The quantitative estimate of drug-likeness (QED) is 0.907. The summed E-state index contributed by atoms with van der Waals surface area (Å²) in [4.78, 5) is 30.1. The van der Waals surface area contributed by atoms with Crippen molar-refractivity contribution >= 4 is 17.5 Å². The Bertz CT molecular complexity index is 699. The van der Waals surface area contributed by atoms with E-state index in [2.05, 4.69) is 10.3 Å². The van der Waals surface area contributed by atoms with Crippen LogP contribution in [0.1, 0.15) is 12.2 Å². The molecule has 1 aliphatic heterocycles. The molecule has 2 aromatic rings. The van der Waals surface area contributed by atoms with Gasteiger partial charge in [0.2, 0.25) is 17.7 Å². The number of carbonyl (C=O) groups is 2. The first kappa shape index (κ1) is 15.1. The number of likely N-dealkylation sites (tertiary alicyclic amines) is 1. The molecule has 0 aliphatic carbocycles. The van der Waals surface area contributed by atoms with Gasteiger partial charge in [0.15, 0.2) is 0 Å². The van der Waals surface area contributed by atoms with Crippen molar-refractivity contribution in [1.82, 2.24) is 9.88 Å². The van der Waals surface area contributed by atoms with Gasteiger partial charge in [-0.1, -0.05) is 0 Å². The second kappa shape index (κ2) is 6.51. The fraction of sp³-hybridized carbons (Fsp3) is 0.312. The average Bonchev–Trinajstić information content (AvgIpc) is 3.19. The highest BCUT2D eigenvalue weighted by atomic mass is 16.5. The van der Waals surface area contributed by atoms with Crippen molar-refractivity contribution < 1.29 is 18.7 Å². The van der Waals surface area contributed by atoms with Gasteiger partial charge in [0.05, 0.1) is 25.8 Å². The second-order valence-electron chi connectivity index (χ2n) is 5.30. The number of methoxy groups -OCH3 is 1. The molecule has 1 fully saturated rings. The Balaban J connectivity index is 1.63. The molecule has 7 nitrogen and oxygen atoms in total. The number of anilines is 1. The van der Waals surface area contributed by atoms with Crippen LogP contribution < -0.4 is 10.1 Å². The molecule has 1 atom stereocenters. The molecule has 0 spiro atoms. The Hall–Kier alpha value is -2.83. The number of aromatic nitrogens is 1. The Labute approximate surface area is 133 Å². The van der Waals surface area contributed by atoms with Crippen LogP contribution in [0.25, 0.3) is 0 Å². The fourth-order valence-corrected chi connectivity index (χ4v) is 2.57. The number of ether oxygens (including phenoxy) is 1. The maximum Gasteiger partial charge on any atom is 0.237 e. The van der Waals surface area contributed by atoms with Crippen LogP contribution in [-0.4, -0.2) is 35.4 Å². The van der Waals surface area contributed by atoms with Gasteiger partial charge in [0, 0.05) is 19.2 Å². The molecule has 0 radical (unpaired) electrons. The van der Waals surface area contributed by atoms with E-state index in [0.29, 0.717) is 30.4 Å². The number of hydrogen-bond donors (Lipinski definition) is 1. The molecule has 0 saturated carbocycles. The zero-order valence-electron chi connectivity index (χ0n) is 12.7. The van der Waals surface area contributed by atoms with Crippen molar-refractivity contribution in [1.29, 1.82) is 0 Å². The second-order valence-corrected chi connectivity index (χ2v) is 5.30. The van der Waals surface area contributed by atoms with E-state index in [4.69, 9.17) is 9.15 Å². The number of rotatable bonds is 5. The molecular weight excluding hydrogens is 298 g/mol. The van der Waals surface area contributed by atoms with Gasteiger partial charge in [-0.2, -0.15) is 0 Å². The fourth-order valence-electron chi connectivity index (χ4n) is 2.57. The largest absolute Gasteiger partial charge is 0.480 e. The van der Waals surface area contributed by atoms with Gasteiger partial charge in [-0.15, -0.1) is 0 Å². The summed E-state index contributed by atoms with van der Waals surface area (Å²) in [5, 5.41) is 2.77. The summed E-state index contributed by atoms with van der Waals surface area (Å²) in [5.41, 5.74) is 0.497. The third-order valence-electron chi connectivity index (χ3n) is 3.73. The van der Waals surface area contributed by atoms with Crippen LogP contribution in [-0.2, 0) is 16.1 Å². The number of nitrogens with zero attached hydrogens (tertiary/aromatic N) is 2. The van der Waals surface area contributed by atoms with Gasteiger partial charge in [-0.3, -0.25) is 9.59 Å². The van der Waals surface area contributed by atoms with Crippen molar-refractivity contribution in [2.75, 3.05) is 19.0 Å². The minimum atomic E-state index is -0.401. The molecule has 120 valence electrons. The van der Waals surface area contributed by atoms with Crippen LogP contribution >= 0.6 is 0 Å². The monoisotopic (exact) mass is 315 g/mol. The van der Waals surface area contributed by atoms with Crippen molar-refractivity contribution in [2.24, 2.45) is 5.92 Å². The minimum Gasteiger partial charge on any atom is -0.480 e. The molecule has 1 saturated heterocycles. The smallest absolute Gasteiger partial charge is 0.237 e. The summed E-state index contributed by atoms with van der Waals surface area (Å²) in [6, 6.07) is 7.00. The van der Waals surface area contributed by atoms with Crippen LogP contribution in [0.5, 0.6) is 5.88 Å². The maximum atomic E-state index is 12.4. The lowest BCUT2D eigenvalue weighted by Gasteiger charge is -2.15. The van der Waals surface area contributed by atoms with Gasteiger partial charge in [-0.05, 0) is 24.3 Å². The Morgan fingerprint density at radius 3 is 3.09 bits per heavy atom. The SMILES string of the molecule is COc1ncccc1NC(=O)[C@@H]1CC(=O)N(Cc2ccco2)C1. The van der Waals surface area contributed by atoms with Crippen molar-refractivity contribution in [3.63, 3.8) is 0 Å². The summed E-state index contributed by atoms with van der Waals surface area (Å²) in [7, 11) is 1.49. The summed E-state index contributed by atoms with van der Waals surface area (Å²) >= 11 is 0. The number of furan rings is 1. The molecule has 0 aromatic carbocycles. The molecule has 3 rings (SSSR count). The van der Waals surface area contributed by atoms with Gasteiger partial charge in [-0.25, -0.2) is 4.98 Å². The van der Waals surface area contributed by atoms with Crippen LogP contribution in [0, 0.1) is 5.92 Å². The molecule has 3 heterocycles. The molecule has 2 aromatic heterocycles. The molecular formula is C16H17N3O4. The first-order chi connectivity index (χ1) is 11.2. The zero-order chi connectivity index (χ0) is 16.2. The van der Waals surface area contributed by atoms with Crippen LogP contribution in [0.3, 0.4) is 0 Å². The van der Waals surface area contributed by atoms with Crippen LogP contribution in [0.2, 0.25) is 0 Å². The number of carbonyl (C=O) groups excluding carboxylic acids is 2. The summed E-state index contributed by atoms with van der Waals surface area (Å²) in [6.45, 7) is 0.750. The van der Waals surface area contributed by atoms with Crippen LogP contribution in [0.15, 0.2) is 41.1 Å². The zero-order valence-corrected chi connectivity index (χ0v) is 12.7. The average molecular weight is 315 g/mol. The van der Waals surface area contributed by atoms with Gasteiger partial charge >= 0.3 is 0 Å². The number of pyridine rings is 1. The topological polar surface area (TPSA) is 84.7 Å². The standard InChI is InChI=1S/C16H17N3O4/c1-22-16-13(5-2-6-17-16)18-15(21)11-8-14(20)19(9-11)10-12-4-3-7-23-12/h2-7,11H,8-10H2,1H3,(H,18,21)/t11-/m1/s1. The third kappa shape index (κ3) is 3.33. The summed E-state index contributed by atoms with van der Waals surface area (Å²) in [6.07, 6.45) is 3.34. The van der Waals surface area contributed by atoms with E-state index in [0.717, 1.165) is 0 Å². The van der Waals surface area contributed by atoms with E-state index in [9.17, 15) is 9.59 Å². The summed E-state index contributed by atoms with van der Waals surface area (Å²) in [5.74, 6) is 0.375. The van der Waals surface area contributed by atoms with E-state index in [1.54, 1.807) is 41.6 Å². The molecule has 0 unspecified atom stereocenters. The minimum absolute atomic E-state index is 0.0558. The van der Waals surface area contributed by atoms with Crippen molar-refractivity contribution in [2.45, 2.75) is 13.0 Å². The lowest BCUT2D eigenvalue weighted by atomic mass is 10.1. The highest BCUT2D eigenvalue weighted by Gasteiger charge is 2.34. The molecule has 1 aliphatic rings. The number of amides is 2. The predicted octanol–water partition coefficient (Wildman–Crippen LogP) is 1.67. The normalized spacial score (nSPS) is 17.3. The Morgan fingerprint density at radius 2 is 2.35 bits per heavy atom. The highest BCUT2D eigenvalue weighted by Crippen LogP contribution is 2.25. The first-order valence-electron chi connectivity index (χ1n) is 7.27. The predicted molar refractivity (Wildman–Crippen MR) is 81.7 cm³/mol. The number of nitrogens with one attached hydrogen (secondary N) is 1. The maximum absolute atomic E-state index is 12.4. The van der Waals surface area contributed by atoms with E-state index in [1.165, 1.54) is 7.11 Å². The molecule has 1 N–H and O–H groups in total. The van der Waals surface area contributed by atoms with Crippen molar-refractivity contribution in [3.05, 3.63) is 42.5 Å². The van der Waals surface area contributed by atoms with E-state index in [-0.39, 0.29) is 18.2 Å². The highest BCUT2D eigenvalue weighted by molar-refractivity contribution is 5.97. The first-order valence-corrected chi connectivity index (χ1v) is 7.27. The summed E-state index contributed by atoms with van der Waals surface area (Å²) < 4.78 is 10.4. The van der Waals surface area contributed by atoms with E-state index >= 15 is 0 Å². The van der Waals surface area contributed by atoms with Gasteiger partial charge in [0.1, 0.15) is 11.4 Å². The van der Waals surface area contributed by atoms with Crippen LogP contribution in [0.4, 0.5) is 5.69 Å². The lowest BCUT2D eigenvalue weighted by Crippen LogP contribution is -2.28. The number of hydrogen-bond acceptors (Lipinski definition) is 5. The van der Waals surface area contributed by atoms with E-state index in [1.807, 2.05) is 0 Å². The Kier molecular flexibility index (Phi) is 4.27. The third-order valence-corrected chi connectivity index (χ3v) is 3.73. The van der Waals surface area contributed by atoms with Gasteiger partial charge < -0.3 is 19.4 Å². The molecule has 0 bridgehead atoms. The molecule has 2 amide bonds. The Morgan fingerprint density at radius 1 is 1.48 bits per heavy atom. The molecule has 23 heavy (non-hydrogen) atoms. The van der Waals surface area contributed by atoms with Crippen molar-refractivity contribution in [3.8, 4) is 5.88 Å². The van der Waals surface area contributed by atoms with Gasteiger partial charge in [0.25, 0.3) is 0 Å².